The first kappa shape index (κ1) is 9.20. The molecule has 0 rings (SSSR count). The summed E-state index contributed by atoms with van der Waals surface area (Å²) in [6.07, 6.45) is -2.50. The summed E-state index contributed by atoms with van der Waals surface area (Å²) in [5.74, 6) is 0. The molecule has 0 saturated carbocycles. The van der Waals surface area contributed by atoms with Gasteiger partial charge in [0.25, 0.3) is 0 Å². The smallest absolute Gasteiger partial charge is 0.296 e. The van der Waals surface area contributed by atoms with Gasteiger partial charge >= 0.3 is 6.18 Å². The lowest BCUT2D eigenvalue weighted by molar-refractivity contribution is -0.0857. The fourth-order valence-electron chi connectivity index (χ4n) is 0.450. The van der Waals surface area contributed by atoms with E-state index in [1.807, 2.05) is 0 Å². The molecule has 0 aliphatic heterocycles. The number of hydrogen-bond acceptors (Lipinski definition) is 1. The van der Waals surface area contributed by atoms with E-state index in [9.17, 15) is 13.2 Å². The summed E-state index contributed by atoms with van der Waals surface area (Å²) in [6, 6.07) is 0. The van der Waals surface area contributed by atoms with Gasteiger partial charge in [-0.15, -0.1) is 0 Å². The van der Waals surface area contributed by atoms with Gasteiger partial charge in [0, 0.05) is 13.3 Å². The van der Waals surface area contributed by atoms with Gasteiger partial charge in [0.1, 0.15) is 0 Å². The molecule has 0 spiro atoms. The lowest BCUT2D eigenvalue weighted by atomic mass is 10.3. The fraction of sp³-hybridized carbons (Fsp3) is 0.500. The maximum absolute atomic E-state index is 11.7. The van der Waals surface area contributed by atoms with Gasteiger partial charge in [-0.1, -0.05) is 6.08 Å². The molecular formula is C6H8F3N. The van der Waals surface area contributed by atoms with E-state index in [2.05, 4.69) is 4.99 Å². The lowest BCUT2D eigenvalue weighted by Gasteiger charge is -2.04. The Labute approximate surface area is 57.3 Å². The Bertz CT molecular complexity index is 155. The predicted molar refractivity (Wildman–Crippen MR) is 34.2 cm³/mol. The molecular weight excluding hydrogens is 143 g/mol. The van der Waals surface area contributed by atoms with Crippen LogP contribution in [0.5, 0.6) is 0 Å². The van der Waals surface area contributed by atoms with Crippen LogP contribution >= 0.6 is 0 Å². The number of nitrogens with zero attached hydrogens (tertiary/aromatic N) is 1. The highest BCUT2D eigenvalue weighted by Gasteiger charge is 2.31. The molecule has 0 radical (unpaired) electrons. The van der Waals surface area contributed by atoms with Crippen LogP contribution in [-0.4, -0.2) is 19.4 Å². The molecule has 0 bridgehead atoms. The Morgan fingerprint density at radius 1 is 1.40 bits per heavy atom. The van der Waals surface area contributed by atoms with Crippen molar-refractivity contribution in [3.05, 3.63) is 11.6 Å². The van der Waals surface area contributed by atoms with E-state index in [0.717, 1.165) is 12.3 Å². The summed E-state index contributed by atoms with van der Waals surface area (Å²) in [5.41, 5.74) is -0.713. The fourth-order valence-corrected chi connectivity index (χ4v) is 0.450. The molecule has 0 aliphatic carbocycles. The van der Waals surface area contributed by atoms with Gasteiger partial charge in [0.15, 0.2) is 0 Å². The minimum Gasteiger partial charge on any atom is -0.296 e. The Kier molecular flexibility index (Phi) is 3.12. The van der Waals surface area contributed by atoms with E-state index in [0.29, 0.717) is 0 Å². The highest BCUT2D eigenvalue weighted by Crippen LogP contribution is 2.23. The van der Waals surface area contributed by atoms with Crippen LogP contribution in [0.15, 0.2) is 16.6 Å². The van der Waals surface area contributed by atoms with E-state index in [4.69, 9.17) is 0 Å². The van der Waals surface area contributed by atoms with Crippen LogP contribution in [0.25, 0.3) is 0 Å². The van der Waals surface area contributed by atoms with Gasteiger partial charge in [0.2, 0.25) is 0 Å². The molecule has 0 unspecified atom stereocenters. The van der Waals surface area contributed by atoms with E-state index < -0.39 is 11.7 Å². The summed E-state index contributed by atoms with van der Waals surface area (Å²) in [7, 11) is 1.30. The predicted octanol–water partition coefficient (Wildman–Crippen LogP) is 2.20. The molecule has 0 aromatic rings. The number of alkyl halides is 3. The summed E-state index contributed by atoms with van der Waals surface area (Å²) >= 11 is 0. The average molecular weight is 151 g/mol. The van der Waals surface area contributed by atoms with Crippen molar-refractivity contribution in [2.75, 3.05) is 7.05 Å². The quantitative estimate of drug-likeness (QED) is 0.509. The van der Waals surface area contributed by atoms with Crippen molar-refractivity contribution in [1.82, 2.24) is 0 Å². The van der Waals surface area contributed by atoms with Crippen molar-refractivity contribution < 1.29 is 13.2 Å². The topological polar surface area (TPSA) is 12.4 Å². The molecule has 10 heavy (non-hydrogen) atoms. The molecule has 1 nitrogen and oxygen atoms in total. The molecule has 4 heteroatoms. The van der Waals surface area contributed by atoms with Crippen molar-refractivity contribution >= 4 is 6.21 Å². The van der Waals surface area contributed by atoms with Crippen LogP contribution in [-0.2, 0) is 0 Å². The van der Waals surface area contributed by atoms with E-state index in [1.165, 1.54) is 14.0 Å². The first-order valence-corrected chi connectivity index (χ1v) is 2.68. The standard InChI is InChI=1S/C6H8F3N/c1-3-5(4-10-2)6(7,8)9/h3-4H,1-2H3/b5-3+,10-4-. The number of rotatable bonds is 1. The molecule has 0 aliphatic rings. The van der Waals surface area contributed by atoms with Gasteiger partial charge in [0.05, 0.1) is 5.57 Å². The normalized spacial score (nSPS) is 14.7. The highest BCUT2D eigenvalue weighted by atomic mass is 19.4. The van der Waals surface area contributed by atoms with Crippen LogP contribution < -0.4 is 0 Å². The molecule has 0 heterocycles. The van der Waals surface area contributed by atoms with E-state index in [-0.39, 0.29) is 0 Å². The molecule has 0 fully saturated rings. The summed E-state index contributed by atoms with van der Waals surface area (Å²) in [4.78, 5) is 3.26. The van der Waals surface area contributed by atoms with E-state index >= 15 is 0 Å². The molecule has 0 saturated heterocycles. The van der Waals surface area contributed by atoms with Gasteiger partial charge in [-0.3, -0.25) is 4.99 Å². The van der Waals surface area contributed by atoms with Crippen LogP contribution in [0.2, 0.25) is 0 Å². The SMILES string of the molecule is C/C=C(\C=N/C)C(F)(F)F. The third kappa shape index (κ3) is 2.66. The van der Waals surface area contributed by atoms with Crippen molar-refractivity contribution in [2.45, 2.75) is 13.1 Å². The second-order valence-corrected chi connectivity index (χ2v) is 1.63. The Balaban J connectivity index is 4.39. The zero-order valence-corrected chi connectivity index (χ0v) is 5.74. The molecule has 0 aromatic carbocycles. The van der Waals surface area contributed by atoms with E-state index in [1.54, 1.807) is 0 Å². The molecule has 58 valence electrons. The summed E-state index contributed by atoms with van der Waals surface area (Å²) < 4.78 is 35.2. The highest BCUT2D eigenvalue weighted by molar-refractivity contribution is 5.79. The molecule has 0 atom stereocenters. The zero-order chi connectivity index (χ0) is 8.20. The van der Waals surface area contributed by atoms with Crippen molar-refractivity contribution in [3.8, 4) is 0 Å². The maximum atomic E-state index is 11.7. The van der Waals surface area contributed by atoms with Gasteiger partial charge in [-0.05, 0) is 6.92 Å². The van der Waals surface area contributed by atoms with Gasteiger partial charge in [-0.2, -0.15) is 13.2 Å². The second-order valence-electron chi connectivity index (χ2n) is 1.63. The van der Waals surface area contributed by atoms with Crippen LogP contribution in [0.3, 0.4) is 0 Å². The van der Waals surface area contributed by atoms with Crippen molar-refractivity contribution in [3.63, 3.8) is 0 Å². The second kappa shape index (κ2) is 3.39. The van der Waals surface area contributed by atoms with Crippen LogP contribution in [0.4, 0.5) is 13.2 Å². The first-order valence-electron chi connectivity index (χ1n) is 2.68. The maximum Gasteiger partial charge on any atom is 0.417 e. The zero-order valence-electron chi connectivity index (χ0n) is 5.74. The Morgan fingerprint density at radius 3 is 2.00 bits per heavy atom. The van der Waals surface area contributed by atoms with Crippen LogP contribution in [0, 0.1) is 0 Å². The summed E-state index contributed by atoms with van der Waals surface area (Å²) in [5, 5.41) is 0. The van der Waals surface area contributed by atoms with Gasteiger partial charge in [-0.25, -0.2) is 0 Å². The molecule has 0 aromatic heterocycles. The largest absolute Gasteiger partial charge is 0.417 e. The third-order valence-corrected chi connectivity index (χ3v) is 0.907. The molecule has 0 N–H and O–H groups in total. The number of aliphatic imine (C=N–C) groups is 1. The first-order chi connectivity index (χ1) is 4.52. The monoisotopic (exact) mass is 151 g/mol. The Hall–Kier alpha value is -0.800. The van der Waals surface area contributed by atoms with Gasteiger partial charge < -0.3 is 0 Å². The van der Waals surface area contributed by atoms with Crippen molar-refractivity contribution in [2.24, 2.45) is 4.99 Å². The number of hydrogen-bond donors (Lipinski definition) is 0. The third-order valence-electron chi connectivity index (χ3n) is 0.907. The van der Waals surface area contributed by atoms with Crippen LogP contribution in [0.1, 0.15) is 6.92 Å². The average Bonchev–Trinajstić information content (AvgIpc) is 1.80. The minimum absolute atomic E-state index is 0.713. The number of allylic oxidation sites excluding steroid dienone is 2. The lowest BCUT2D eigenvalue weighted by Crippen LogP contribution is -2.12. The van der Waals surface area contributed by atoms with Crippen molar-refractivity contribution in [1.29, 1.82) is 0 Å². The number of halogens is 3. The minimum atomic E-state index is -4.27. The Morgan fingerprint density at radius 2 is 1.90 bits per heavy atom. The molecule has 0 amide bonds. The summed E-state index contributed by atoms with van der Waals surface area (Å²) in [6.45, 7) is 1.32.